The second-order valence-corrected chi connectivity index (χ2v) is 9.29. The third kappa shape index (κ3) is 4.34. The van der Waals surface area contributed by atoms with Crippen LogP contribution in [0.2, 0.25) is 0 Å². The van der Waals surface area contributed by atoms with Gasteiger partial charge in [-0.3, -0.25) is 14.6 Å². The van der Waals surface area contributed by atoms with Gasteiger partial charge in [0, 0.05) is 29.9 Å². The minimum Gasteiger partial charge on any atom is -0.497 e. The van der Waals surface area contributed by atoms with Crippen LogP contribution in [0, 0.1) is 0 Å². The minimum atomic E-state index is -0.522. The predicted octanol–water partition coefficient (Wildman–Crippen LogP) is 3.79. The Bertz CT molecular complexity index is 1250. The minimum absolute atomic E-state index is 0.0540. The summed E-state index contributed by atoms with van der Waals surface area (Å²) in [5.74, 6) is 1.08. The quantitative estimate of drug-likeness (QED) is 0.546. The molecule has 180 valence electrons. The Morgan fingerprint density at radius 1 is 1.14 bits per heavy atom. The van der Waals surface area contributed by atoms with Crippen LogP contribution in [0.3, 0.4) is 0 Å². The number of nitrogens with two attached hydrogens (primary N) is 1. The molecule has 0 spiro atoms. The van der Waals surface area contributed by atoms with Crippen LogP contribution in [0.25, 0.3) is 11.1 Å². The van der Waals surface area contributed by atoms with E-state index in [-0.39, 0.29) is 12.0 Å². The van der Waals surface area contributed by atoms with E-state index >= 15 is 0 Å². The van der Waals surface area contributed by atoms with Crippen molar-refractivity contribution >= 4 is 11.8 Å². The highest BCUT2D eigenvalue weighted by Crippen LogP contribution is 2.42. The highest BCUT2D eigenvalue weighted by atomic mass is 16.5. The summed E-state index contributed by atoms with van der Waals surface area (Å²) < 4.78 is 11.6. The first-order valence-electron chi connectivity index (χ1n) is 12.0. The van der Waals surface area contributed by atoms with Crippen LogP contribution >= 0.6 is 0 Å². The third-order valence-electron chi connectivity index (χ3n) is 7.19. The molecule has 5 rings (SSSR count). The zero-order valence-corrected chi connectivity index (χ0v) is 19.8. The summed E-state index contributed by atoms with van der Waals surface area (Å²) >= 11 is 0. The maximum absolute atomic E-state index is 13.5. The molecule has 1 aliphatic heterocycles. The zero-order valence-electron chi connectivity index (χ0n) is 19.8. The number of nitrogens with zero attached hydrogens (tertiary/aromatic N) is 1. The van der Waals surface area contributed by atoms with Gasteiger partial charge in [0.15, 0.2) is 0 Å². The maximum Gasteiger partial charge on any atom is 0.250 e. The van der Waals surface area contributed by atoms with Crippen LogP contribution in [0.1, 0.15) is 47.2 Å². The van der Waals surface area contributed by atoms with Gasteiger partial charge in [-0.2, -0.15) is 0 Å². The van der Waals surface area contributed by atoms with E-state index in [2.05, 4.69) is 10.3 Å². The molecule has 1 aromatic heterocycles. The topological polar surface area (TPSA) is 104 Å². The third-order valence-corrected chi connectivity index (χ3v) is 7.19. The number of benzene rings is 2. The summed E-state index contributed by atoms with van der Waals surface area (Å²) in [7, 11) is 1.64. The fourth-order valence-electron chi connectivity index (χ4n) is 5.31. The van der Waals surface area contributed by atoms with Gasteiger partial charge in [-0.1, -0.05) is 43.2 Å². The summed E-state index contributed by atoms with van der Waals surface area (Å²) in [5.41, 5.74) is 9.00. The molecule has 2 aliphatic rings. The number of hydrogen-bond acceptors (Lipinski definition) is 5. The highest BCUT2D eigenvalue weighted by Gasteiger charge is 2.43. The predicted molar refractivity (Wildman–Crippen MR) is 132 cm³/mol. The van der Waals surface area contributed by atoms with Crippen LogP contribution < -0.4 is 20.5 Å². The van der Waals surface area contributed by atoms with Crippen molar-refractivity contribution in [2.75, 3.05) is 13.7 Å². The molecule has 1 aliphatic carbocycles. The number of fused-ring (bicyclic) bond motifs is 1. The van der Waals surface area contributed by atoms with Crippen molar-refractivity contribution in [2.45, 2.75) is 43.6 Å². The first kappa shape index (κ1) is 22.9. The number of amides is 2. The number of pyridine rings is 1. The fourth-order valence-corrected chi connectivity index (χ4v) is 5.31. The van der Waals surface area contributed by atoms with E-state index in [4.69, 9.17) is 15.2 Å². The van der Waals surface area contributed by atoms with E-state index in [0.717, 1.165) is 59.4 Å². The van der Waals surface area contributed by atoms with Gasteiger partial charge in [-0.15, -0.1) is 0 Å². The molecule has 7 nitrogen and oxygen atoms in total. The number of para-hydroxylation sites is 1. The lowest BCUT2D eigenvalue weighted by Gasteiger charge is -2.29. The number of hydrogen-bond donors (Lipinski definition) is 2. The Morgan fingerprint density at radius 2 is 1.91 bits per heavy atom. The molecule has 3 N–H and O–H groups in total. The molecule has 7 heteroatoms. The summed E-state index contributed by atoms with van der Waals surface area (Å²) in [6.45, 7) is 0.421. The van der Waals surface area contributed by atoms with Gasteiger partial charge >= 0.3 is 0 Å². The SMILES string of the molecule is COc1ccc(C2(C(=O)NC[C@@H]3Cc4cccc(-c5cncc(C(N)=O)c5)c4O3)CCCC2)cc1. The molecule has 1 fully saturated rings. The molecule has 0 saturated heterocycles. The Kier molecular flexibility index (Phi) is 6.16. The molecule has 0 unspecified atom stereocenters. The molecule has 2 heterocycles. The van der Waals surface area contributed by atoms with Crippen LogP contribution in [0.5, 0.6) is 11.5 Å². The van der Waals surface area contributed by atoms with Crippen molar-refractivity contribution in [3.63, 3.8) is 0 Å². The van der Waals surface area contributed by atoms with Crippen LogP contribution in [-0.4, -0.2) is 36.6 Å². The van der Waals surface area contributed by atoms with Gasteiger partial charge in [0.2, 0.25) is 11.8 Å². The normalized spacial score (nSPS) is 17.9. The summed E-state index contributed by atoms with van der Waals surface area (Å²) in [5, 5.41) is 3.18. The van der Waals surface area contributed by atoms with Crippen molar-refractivity contribution in [3.8, 4) is 22.6 Å². The van der Waals surface area contributed by atoms with E-state index < -0.39 is 11.3 Å². The molecular weight excluding hydrogens is 442 g/mol. The van der Waals surface area contributed by atoms with E-state index in [0.29, 0.717) is 18.5 Å². The van der Waals surface area contributed by atoms with Gasteiger partial charge in [-0.25, -0.2) is 0 Å². The Morgan fingerprint density at radius 3 is 2.63 bits per heavy atom. The van der Waals surface area contributed by atoms with Gasteiger partial charge < -0.3 is 20.5 Å². The van der Waals surface area contributed by atoms with Crippen LogP contribution in [0.4, 0.5) is 0 Å². The molecular formula is C28H29N3O4. The fraction of sp³-hybridized carbons (Fsp3) is 0.321. The van der Waals surface area contributed by atoms with E-state index in [1.807, 2.05) is 42.5 Å². The van der Waals surface area contributed by atoms with Gasteiger partial charge in [-0.05, 0) is 42.2 Å². The molecule has 35 heavy (non-hydrogen) atoms. The largest absolute Gasteiger partial charge is 0.497 e. The van der Waals surface area contributed by atoms with Crippen molar-refractivity contribution in [1.82, 2.24) is 10.3 Å². The number of carbonyl (C=O) groups excluding carboxylic acids is 2. The molecule has 1 atom stereocenters. The number of ether oxygens (including phenoxy) is 2. The smallest absolute Gasteiger partial charge is 0.250 e. The number of primary amides is 1. The molecule has 0 radical (unpaired) electrons. The van der Waals surface area contributed by atoms with E-state index in [9.17, 15) is 9.59 Å². The van der Waals surface area contributed by atoms with E-state index in [1.165, 1.54) is 6.20 Å². The van der Waals surface area contributed by atoms with Crippen LogP contribution in [-0.2, 0) is 16.6 Å². The number of aromatic nitrogens is 1. The van der Waals surface area contributed by atoms with Gasteiger partial charge in [0.25, 0.3) is 0 Å². The molecule has 3 aromatic rings. The first-order valence-corrected chi connectivity index (χ1v) is 12.0. The average molecular weight is 472 g/mol. The highest BCUT2D eigenvalue weighted by molar-refractivity contribution is 5.94. The van der Waals surface area contributed by atoms with Gasteiger partial charge in [0.05, 0.1) is 24.6 Å². The van der Waals surface area contributed by atoms with Crippen molar-refractivity contribution < 1.29 is 19.1 Å². The summed E-state index contributed by atoms with van der Waals surface area (Å²) in [4.78, 5) is 29.2. The second-order valence-electron chi connectivity index (χ2n) is 9.29. The first-order chi connectivity index (χ1) is 17.0. The lowest BCUT2D eigenvalue weighted by molar-refractivity contribution is -0.127. The van der Waals surface area contributed by atoms with Crippen molar-refractivity contribution in [1.29, 1.82) is 0 Å². The van der Waals surface area contributed by atoms with Gasteiger partial charge in [0.1, 0.15) is 17.6 Å². The molecule has 2 aromatic carbocycles. The number of carbonyl (C=O) groups is 2. The van der Waals surface area contributed by atoms with Crippen molar-refractivity contribution in [3.05, 3.63) is 77.6 Å². The summed E-state index contributed by atoms with van der Waals surface area (Å²) in [6, 6.07) is 15.5. The van der Waals surface area contributed by atoms with Crippen LogP contribution in [0.15, 0.2) is 60.9 Å². The Labute approximate surface area is 204 Å². The molecule has 1 saturated carbocycles. The summed E-state index contributed by atoms with van der Waals surface area (Å²) in [6.07, 6.45) is 7.42. The van der Waals surface area contributed by atoms with Crippen molar-refractivity contribution in [2.24, 2.45) is 5.73 Å². The second kappa shape index (κ2) is 9.41. The Balaban J connectivity index is 1.30. The number of nitrogens with one attached hydrogen (secondary N) is 1. The number of rotatable bonds is 7. The standard InChI is InChI=1S/C28H29N3O4/c1-34-22-9-7-21(8-10-22)28(11-2-3-12-28)27(33)31-17-23-14-18-5-4-6-24(25(18)35-23)19-13-20(26(29)32)16-30-15-19/h4-10,13,15-16,23H,2-3,11-12,14,17H2,1H3,(H2,29,32)(H,31,33)/t23-/m0/s1. The molecule has 2 amide bonds. The lowest BCUT2D eigenvalue weighted by Crippen LogP contribution is -2.45. The monoisotopic (exact) mass is 471 g/mol. The molecule has 0 bridgehead atoms. The van der Waals surface area contributed by atoms with E-state index in [1.54, 1.807) is 19.4 Å². The lowest BCUT2D eigenvalue weighted by atomic mass is 9.78. The zero-order chi connectivity index (χ0) is 24.4. The average Bonchev–Trinajstić information content (AvgIpc) is 3.55. The Hall–Kier alpha value is -3.87. The number of methoxy groups -OCH3 is 1. The maximum atomic E-state index is 13.5.